The van der Waals surface area contributed by atoms with Gasteiger partial charge < -0.3 is 10.6 Å². The zero-order valence-electron chi connectivity index (χ0n) is 13.2. The van der Waals surface area contributed by atoms with E-state index in [1.165, 1.54) is 12.8 Å². The number of carbonyl (C=O) groups is 2. The summed E-state index contributed by atoms with van der Waals surface area (Å²) in [6.07, 6.45) is 8.13. The minimum absolute atomic E-state index is 0.101. The Bertz CT molecular complexity index is 573. The van der Waals surface area contributed by atoms with Crippen LogP contribution in [-0.2, 0) is 9.59 Å². The minimum atomic E-state index is -0.869. The molecule has 2 amide bonds. The first-order valence-corrected chi connectivity index (χ1v) is 8.86. The van der Waals surface area contributed by atoms with Crippen molar-refractivity contribution < 1.29 is 9.59 Å². The highest BCUT2D eigenvalue weighted by molar-refractivity contribution is 6.30. The van der Waals surface area contributed by atoms with E-state index in [1.54, 1.807) is 24.3 Å². The molecule has 0 spiro atoms. The molecule has 2 fully saturated rings. The molecule has 0 aliphatic heterocycles. The highest BCUT2D eigenvalue weighted by Gasteiger charge is 2.56. The van der Waals surface area contributed by atoms with Crippen LogP contribution in [0.5, 0.6) is 0 Å². The van der Waals surface area contributed by atoms with Crippen molar-refractivity contribution in [3.05, 3.63) is 29.3 Å². The molecule has 5 heteroatoms. The van der Waals surface area contributed by atoms with Crippen LogP contribution < -0.4 is 10.6 Å². The van der Waals surface area contributed by atoms with Crippen molar-refractivity contribution in [2.24, 2.45) is 5.41 Å². The van der Waals surface area contributed by atoms with Gasteiger partial charge in [-0.05, 0) is 49.9 Å². The Morgan fingerprint density at radius 2 is 1.57 bits per heavy atom. The molecular formula is C18H23ClN2O2. The van der Waals surface area contributed by atoms with Gasteiger partial charge in [-0.1, -0.05) is 37.3 Å². The lowest BCUT2D eigenvalue weighted by Crippen LogP contribution is -2.44. The molecule has 0 saturated heterocycles. The zero-order valence-corrected chi connectivity index (χ0v) is 14.0. The first-order valence-electron chi connectivity index (χ1n) is 8.48. The van der Waals surface area contributed by atoms with E-state index in [9.17, 15) is 9.59 Å². The van der Waals surface area contributed by atoms with E-state index in [4.69, 9.17) is 11.6 Å². The lowest BCUT2D eigenvalue weighted by molar-refractivity contribution is -0.134. The normalized spacial score (nSPS) is 20.4. The molecular weight excluding hydrogens is 312 g/mol. The summed E-state index contributed by atoms with van der Waals surface area (Å²) in [7, 11) is 0. The van der Waals surface area contributed by atoms with Gasteiger partial charge in [0.2, 0.25) is 11.8 Å². The molecule has 0 radical (unpaired) electrons. The van der Waals surface area contributed by atoms with Gasteiger partial charge in [0.1, 0.15) is 5.41 Å². The standard InChI is InChI=1S/C18H23ClN2O2/c19-13-7-9-15(10-8-13)21-17(23)18(11-12-18)16(22)20-14-5-3-1-2-4-6-14/h7-10,14H,1-6,11-12H2,(H,20,22)(H,21,23). The van der Waals surface area contributed by atoms with E-state index in [1.807, 2.05) is 0 Å². The summed E-state index contributed by atoms with van der Waals surface area (Å²) >= 11 is 5.85. The van der Waals surface area contributed by atoms with Gasteiger partial charge >= 0.3 is 0 Å². The number of hydrogen-bond donors (Lipinski definition) is 2. The number of rotatable bonds is 4. The molecule has 0 unspecified atom stereocenters. The number of halogens is 1. The van der Waals surface area contributed by atoms with Crippen molar-refractivity contribution >= 4 is 29.1 Å². The second kappa shape index (κ2) is 6.91. The molecule has 2 aliphatic carbocycles. The van der Waals surface area contributed by atoms with Crippen LogP contribution in [0.25, 0.3) is 0 Å². The SMILES string of the molecule is O=C(Nc1ccc(Cl)cc1)C1(C(=O)NC2CCCCCC2)CC1. The van der Waals surface area contributed by atoms with Crippen molar-refractivity contribution in [1.29, 1.82) is 0 Å². The first-order chi connectivity index (χ1) is 11.1. The highest BCUT2D eigenvalue weighted by atomic mass is 35.5. The molecule has 0 atom stereocenters. The largest absolute Gasteiger partial charge is 0.352 e. The van der Waals surface area contributed by atoms with Crippen LogP contribution in [0.4, 0.5) is 5.69 Å². The van der Waals surface area contributed by atoms with Gasteiger partial charge in [-0.3, -0.25) is 9.59 Å². The second-order valence-corrected chi connectivity index (χ2v) is 7.14. The van der Waals surface area contributed by atoms with Crippen LogP contribution in [-0.4, -0.2) is 17.9 Å². The number of anilines is 1. The molecule has 2 N–H and O–H groups in total. The smallest absolute Gasteiger partial charge is 0.240 e. The predicted octanol–water partition coefficient (Wildman–Crippen LogP) is 3.90. The third-order valence-corrected chi connectivity index (χ3v) is 5.16. The van der Waals surface area contributed by atoms with Gasteiger partial charge in [-0.15, -0.1) is 0 Å². The fraction of sp³-hybridized carbons (Fsp3) is 0.556. The van der Waals surface area contributed by atoms with Crippen LogP contribution >= 0.6 is 11.6 Å². The Morgan fingerprint density at radius 3 is 2.13 bits per heavy atom. The molecule has 1 aromatic carbocycles. The lowest BCUT2D eigenvalue weighted by atomic mass is 10.0. The molecule has 1 aromatic rings. The second-order valence-electron chi connectivity index (χ2n) is 6.71. The van der Waals surface area contributed by atoms with Crippen LogP contribution in [0, 0.1) is 5.41 Å². The third-order valence-electron chi connectivity index (χ3n) is 4.91. The summed E-state index contributed by atoms with van der Waals surface area (Å²) < 4.78 is 0. The molecule has 0 bridgehead atoms. The summed E-state index contributed by atoms with van der Waals surface area (Å²) in [5.74, 6) is -0.304. The molecule has 0 aromatic heterocycles. The van der Waals surface area contributed by atoms with E-state index in [-0.39, 0.29) is 17.9 Å². The fourth-order valence-corrected chi connectivity index (χ4v) is 3.34. The summed E-state index contributed by atoms with van der Waals surface area (Å²) in [6.45, 7) is 0. The Balaban J connectivity index is 1.60. The summed E-state index contributed by atoms with van der Waals surface area (Å²) in [5.41, 5.74) is -0.195. The Kier molecular flexibility index (Phi) is 4.90. The highest BCUT2D eigenvalue weighted by Crippen LogP contribution is 2.47. The summed E-state index contributed by atoms with van der Waals surface area (Å²) in [4.78, 5) is 25.1. The third kappa shape index (κ3) is 3.86. The summed E-state index contributed by atoms with van der Waals surface area (Å²) in [6, 6.07) is 7.18. The molecule has 23 heavy (non-hydrogen) atoms. The van der Waals surface area contributed by atoms with Gasteiger partial charge in [0, 0.05) is 16.8 Å². The predicted molar refractivity (Wildman–Crippen MR) is 91.4 cm³/mol. The topological polar surface area (TPSA) is 58.2 Å². The Morgan fingerprint density at radius 1 is 0.957 bits per heavy atom. The zero-order chi connectivity index (χ0) is 16.3. The van der Waals surface area contributed by atoms with E-state index in [0.717, 1.165) is 25.7 Å². The Hall–Kier alpha value is -1.55. The lowest BCUT2D eigenvalue weighted by Gasteiger charge is -2.21. The van der Waals surface area contributed by atoms with Crippen molar-refractivity contribution in [2.75, 3.05) is 5.32 Å². The van der Waals surface area contributed by atoms with Crippen LogP contribution in [0.2, 0.25) is 5.02 Å². The number of amides is 2. The Labute approximate surface area is 142 Å². The molecule has 3 rings (SSSR count). The molecule has 2 aliphatic rings. The maximum atomic E-state index is 12.6. The maximum absolute atomic E-state index is 12.6. The monoisotopic (exact) mass is 334 g/mol. The van der Waals surface area contributed by atoms with Gasteiger partial charge in [-0.2, -0.15) is 0 Å². The molecule has 2 saturated carbocycles. The van der Waals surface area contributed by atoms with Gasteiger partial charge in [0.25, 0.3) is 0 Å². The van der Waals surface area contributed by atoms with Crippen LogP contribution in [0.1, 0.15) is 51.4 Å². The number of benzene rings is 1. The van der Waals surface area contributed by atoms with Gasteiger partial charge in [0.05, 0.1) is 0 Å². The number of nitrogens with one attached hydrogen (secondary N) is 2. The molecule has 0 heterocycles. The average Bonchev–Trinajstić information content (AvgIpc) is 3.34. The van der Waals surface area contributed by atoms with E-state index in [0.29, 0.717) is 23.6 Å². The van der Waals surface area contributed by atoms with Crippen molar-refractivity contribution in [3.63, 3.8) is 0 Å². The van der Waals surface area contributed by atoms with E-state index >= 15 is 0 Å². The van der Waals surface area contributed by atoms with Crippen molar-refractivity contribution in [3.8, 4) is 0 Å². The number of hydrogen-bond acceptors (Lipinski definition) is 2. The van der Waals surface area contributed by atoms with Gasteiger partial charge in [-0.25, -0.2) is 0 Å². The summed E-state index contributed by atoms with van der Waals surface area (Å²) in [5, 5.41) is 6.58. The first kappa shape index (κ1) is 16.3. The van der Waals surface area contributed by atoms with Crippen LogP contribution in [0.15, 0.2) is 24.3 Å². The van der Waals surface area contributed by atoms with Gasteiger partial charge in [0.15, 0.2) is 0 Å². The average molecular weight is 335 g/mol. The number of carbonyl (C=O) groups excluding carboxylic acids is 2. The van der Waals surface area contributed by atoms with Crippen molar-refractivity contribution in [2.45, 2.75) is 57.4 Å². The van der Waals surface area contributed by atoms with E-state index < -0.39 is 5.41 Å². The molecule has 4 nitrogen and oxygen atoms in total. The molecule has 124 valence electrons. The maximum Gasteiger partial charge on any atom is 0.240 e. The van der Waals surface area contributed by atoms with Crippen molar-refractivity contribution in [1.82, 2.24) is 5.32 Å². The van der Waals surface area contributed by atoms with Crippen LogP contribution in [0.3, 0.4) is 0 Å². The quantitative estimate of drug-likeness (QED) is 0.648. The fourth-order valence-electron chi connectivity index (χ4n) is 3.21. The minimum Gasteiger partial charge on any atom is -0.352 e. The van der Waals surface area contributed by atoms with E-state index in [2.05, 4.69) is 10.6 Å².